The van der Waals surface area contributed by atoms with E-state index in [9.17, 15) is 0 Å². The van der Waals surface area contributed by atoms with Crippen LogP contribution in [-0.2, 0) is 6.54 Å². The van der Waals surface area contributed by atoms with Crippen molar-refractivity contribution in [1.82, 2.24) is 4.90 Å². The molecule has 4 heteroatoms. The van der Waals surface area contributed by atoms with Gasteiger partial charge in [0.25, 0.3) is 0 Å². The van der Waals surface area contributed by atoms with E-state index in [-0.39, 0.29) is 5.54 Å². The highest BCUT2D eigenvalue weighted by Gasteiger charge is 2.39. The van der Waals surface area contributed by atoms with Gasteiger partial charge in [-0.2, -0.15) is 0 Å². The molecule has 0 spiro atoms. The second-order valence-electron chi connectivity index (χ2n) is 6.21. The monoisotopic (exact) mass is 344 g/mol. The smallest absolute Gasteiger partial charge is 0.0335 e. The quantitative estimate of drug-likeness (QED) is 0.890. The summed E-state index contributed by atoms with van der Waals surface area (Å²) in [5, 5.41) is 2.16. The molecule has 3 atom stereocenters. The Morgan fingerprint density at radius 2 is 2.21 bits per heavy atom. The lowest BCUT2D eigenvalue weighted by atomic mass is 9.70. The molecular formula is C15H25BrN2S. The van der Waals surface area contributed by atoms with Gasteiger partial charge in [0, 0.05) is 33.4 Å². The van der Waals surface area contributed by atoms with Gasteiger partial charge >= 0.3 is 0 Å². The van der Waals surface area contributed by atoms with E-state index in [1.165, 1.54) is 28.6 Å². The van der Waals surface area contributed by atoms with E-state index in [1.807, 2.05) is 11.3 Å². The first kappa shape index (κ1) is 15.5. The third-order valence-electron chi connectivity index (χ3n) is 4.94. The second kappa shape index (κ2) is 6.25. The molecule has 1 fully saturated rings. The second-order valence-corrected chi connectivity index (χ2v) is 8.12. The van der Waals surface area contributed by atoms with Crippen LogP contribution in [0.15, 0.2) is 15.9 Å². The Morgan fingerprint density at radius 1 is 1.47 bits per heavy atom. The Bertz CT molecular complexity index is 420. The van der Waals surface area contributed by atoms with E-state index in [0.29, 0.717) is 0 Å². The molecule has 0 aliphatic heterocycles. The number of nitrogens with two attached hydrogens (primary N) is 1. The van der Waals surface area contributed by atoms with Crippen LogP contribution < -0.4 is 5.73 Å². The topological polar surface area (TPSA) is 29.3 Å². The molecule has 1 aromatic heterocycles. The highest BCUT2D eigenvalue weighted by atomic mass is 79.9. The Labute approximate surface area is 129 Å². The lowest BCUT2D eigenvalue weighted by Crippen LogP contribution is -2.55. The average molecular weight is 345 g/mol. The molecule has 2 nitrogen and oxygen atoms in total. The third kappa shape index (κ3) is 3.41. The predicted octanol–water partition coefficient (Wildman–Crippen LogP) is 4.10. The summed E-state index contributed by atoms with van der Waals surface area (Å²) in [6, 6.07) is 2.22. The lowest BCUT2D eigenvalue weighted by molar-refractivity contribution is 0.0356. The summed E-state index contributed by atoms with van der Waals surface area (Å²) in [6.07, 6.45) is 3.77. The van der Waals surface area contributed by atoms with Gasteiger partial charge in [-0.3, -0.25) is 4.90 Å². The molecule has 108 valence electrons. The summed E-state index contributed by atoms with van der Waals surface area (Å²) in [6.45, 7) is 6.53. The summed E-state index contributed by atoms with van der Waals surface area (Å²) in [5.74, 6) is 1.61. The van der Waals surface area contributed by atoms with Gasteiger partial charge in [-0.1, -0.05) is 13.8 Å². The van der Waals surface area contributed by atoms with Crippen molar-refractivity contribution in [2.75, 3.05) is 13.6 Å². The van der Waals surface area contributed by atoms with Gasteiger partial charge in [0.1, 0.15) is 0 Å². The van der Waals surface area contributed by atoms with E-state index in [2.05, 4.69) is 53.2 Å². The zero-order chi connectivity index (χ0) is 14.0. The molecule has 1 aliphatic carbocycles. The number of nitrogens with zero attached hydrogens (tertiary/aromatic N) is 1. The summed E-state index contributed by atoms with van der Waals surface area (Å²) in [7, 11) is 2.24. The Morgan fingerprint density at radius 3 is 2.74 bits per heavy atom. The van der Waals surface area contributed by atoms with Crippen molar-refractivity contribution >= 4 is 27.3 Å². The van der Waals surface area contributed by atoms with Crippen LogP contribution in [-0.4, -0.2) is 24.0 Å². The third-order valence-corrected chi connectivity index (χ3v) is 6.63. The zero-order valence-electron chi connectivity index (χ0n) is 12.2. The zero-order valence-corrected chi connectivity index (χ0v) is 14.6. The van der Waals surface area contributed by atoms with Crippen LogP contribution in [0.1, 0.15) is 38.0 Å². The normalized spacial score (nSPS) is 31.9. The standard InChI is InChI=1S/C15H25BrN2S/c1-11-4-5-15(10-17,7-12(11)2)18(3)8-14-6-13(16)9-19-14/h6,9,11-12H,4-5,7-8,10,17H2,1-3H3. The maximum Gasteiger partial charge on any atom is 0.0335 e. The van der Waals surface area contributed by atoms with Crippen LogP contribution in [0.3, 0.4) is 0 Å². The van der Waals surface area contributed by atoms with Crippen LogP contribution in [0, 0.1) is 11.8 Å². The summed E-state index contributed by atoms with van der Waals surface area (Å²) in [5.41, 5.74) is 6.35. The fourth-order valence-electron chi connectivity index (χ4n) is 3.21. The highest BCUT2D eigenvalue weighted by Crippen LogP contribution is 2.39. The molecule has 1 heterocycles. The van der Waals surface area contributed by atoms with E-state index < -0.39 is 0 Å². The Hall–Kier alpha value is 0.1000. The first-order chi connectivity index (χ1) is 8.97. The van der Waals surface area contributed by atoms with Crippen molar-refractivity contribution in [2.24, 2.45) is 17.6 Å². The van der Waals surface area contributed by atoms with E-state index in [1.54, 1.807) is 0 Å². The number of rotatable bonds is 4. The van der Waals surface area contributed by atoms with Crippen LogP contribution in [0.5, 0.6) is 0 Å². The van der Waals surface area contributed by atoms with Gasteiger partial charge < -0.3 is 5.73 Å². The lowest BCUT2D eigenvalue weighted by Gasteiger charge is -2.48. The first-order valence-corrected chi connectivity index (χ1v) is 8.78. The van der Waals surface area contributed by atoms with Crippen molar-refractivity contribution in [3.05, 3.63) is 20.8 Å². The molecule has 0 aromatic carbocycles. The number of halogens is 1. The minimum absolute atomic E-state index is 0.197. The fourth-order valence-corrected chi connectivity index (χ4v) is 4.71. The molecule has 0 amide bonds. The minimum atomic E-state index is 0.197. The molecule has 2 rings (SSSR count). The highest BCUT2D eigenvalue weighted by molar-refractivity contribution is 9.10. The average Bonchev–Trinajstić information content (AvgIpc) is 2.78. The van der Waals surface area contributed by atoms with E-state index >= 15 is 0 Å². The molecular weight excluding hydrogens is 320 g/mol. The Balaban J connectivity index is 2.08. The van der Waals surface area contributed by atoms with Crippen LogP contribution in [0.2, 0.25) is 0 Å². The van der Waals surface area contributed by atoms with Crippen molar-refractivity contribution in [3.8, 4) is 0 Å². The van der Waals surface area contributed by atoms with Crippen LogP contribution >= 0.6 is 27.3 Å². The van der Waals surface area contributed by atoms with Gasteiger partial charge in [-0.15, -0.1) is 11.3 Å². The first-order valence-electron chi connectivity index (χ1n) is 7.11. The molecule has 1 saturated carbocycles. The molecule has 0 saturated heterocycles. The number of likely N-dealkylation sites (N-methyl/N-ethyl adjacent to an activating group) is 1. The SMILES string of the molecule is CC1CCC(CN)(N(C)Cc2cc(Br)cs2)CC1C. The van der Waals surface area contributed by atoms with Gasteiger partial charge in [0.15, 0.2) is 0 Å². The fraction of sp³-hybridized carbons (Fsp3) is 0.733. The minimum Gasteiger partial charge on any atom is -0.329 e. The van der Waals surface area contributed by atoms with E-state index in [4.69, 9.17) is 5.73 Å². The maximum atomic E-state index is 6.16. The van der Waals surface area contributed by atoms with Gasteiger partial charge in [-0.05, 0) is 60.1 Å². The number of hydrogen-bond donors (Lipinski definition) is 1. The number of thiophene rings is 1. The van der Waals surface area contributed by atoms with Crippen molar-refractivity contribution in [3.63, 3.8) is 0 Å². The van der Waals surface area contributed by atoms with Crippen LogP contribution in [0.25, 0.3) is 0 Å². The largest absolute Gasteiger partial charge is 0.329 e. The maximum absolute atomic E-state index is 6.16. The number of hydrogen-bond acceptors (Lipinski definition) is 3. The van der Waals surface area contributed by atoms with Crippen molar-refractivity contribution < 1.29 is 0 Å². The summed E-state index contributed by atoms with van der Waals surface area (Å²) < 4.78 is 1.19. The van der Waals surface area contributed by atoms with Crippen molar-refractivity contribution in [1.29, 1.82) is 0 Å². The van der Waals surface area contributed by atoms with Gasteiger partial charge in [-0.25, -0.2) is 0 Å². The summed E-state index contributed by atoms with van der Waals surface area (Å²) >= 11 is 5.36. The van der Waals surface area contributed by atoms with Gasteiger partial charge in [0.05, 0.1) is 0 Å². The molecule has 1 aliphatic rings. The Kier molecular flexibility index (Phi) is 5.09. The predicted molar refractivity (Wildman–Crippen MR) is 87.5 cm³/mol. The molecule has 3 unspecified atom stereocenters. The molecule has 19 heavy (non-hydrogen) atoms. The molecule has 0 bridgehead atoms. The van der Waals surface area contributed by atoms with Crippen molar-refractivity contribution in [2.45, 2.75) is 45.2 Å². The van der Waals surface area contributed by atoms with Crippen LogP contribution in [0.4, 0.5) is 0 Å². The molecule has 1 aromatic rings. The molecule has 0 radical (unpaired) electrons. The summed E-state index contributed by atoms with van der Waals surface area (Å²) in [4.78, 5) is 3.90. The molecule has 2 N–H and O–H groups in total. The van der Waals surface area contributed by atoms with Gasteiger partial charge in [0.2, 0.25) is 0 Å². The van der Waals surface area contributed by atoms with E-state index in [0.717, 1.165) is 24.9 Å².